The lowest BCUT2D eigenvalue weighted by molar-refractivity contribution is 0.939. The van der Waals surface area contributed by atoms with Gasteiger partial charge in [0.1, 0.15) is 8.07 Å². The molecule has 7 aromatic carbocycles. The molecule has 1 unspecified atom stereocenters. The van der Waals surface area contributed by atoms with Crippen molar-refractivity contribution in [3.8, 4) is 22.3 Å². The summed E-state index contributed by atoms with van der Waals surface area (Å²) >= 11 is 0. The Balaban J connectivity index is 1.16. The van der Waals surface area contributed by atoms with Crippen LogP contribution in [0.1, 0.15) is 12.0 Å². The van der Waals surface area contributed by atoms with Crippen LogP contribution >= 0.6 is 0 Å². The second-order valence-corrected chi connectivity index (χ2v) is 23.5. The van der Waals surface area contributed by atoms with Crippen LogP contribution in [0.25, 0.3) is 27.8 Å². The van der Waals surface area contributed by atoms with Crippen LogP contribution in [0.4, 0.5) is 11.4 Å². The molecule has 3 aliphatic rings. The third-order valence-electron chi connectivity index (χ3n) is 12.0. The number of benzene rings is 7. The number of nitrogens with one attached hydrogen (secondary N) is 1. The largest absolute Gasteiger partial charge is 0.355 e. The van der Waals surface area contributed by atoms with E-state index in [1.54, 1.807) is 15.6 Å². The molecule has 1 aliphatic heterocycles. The van der Waals surface area contributed by atoms with Crippen molar-refractivity contribution >= 4 is 59.0 Å². The van der Waals surface area contributed by atoms with E-state index in [4.69, 9.17) is 0 Å². The molecular weight excluding hydrogens is 671 g/mol. The van der Waals surface area contributed by atoms with E-state index in [0.29, 0.717) is 5.92 Å². The summed E-state index contributed by atoms with van der Waals surface area (Å²) in [5, 5.41) is 12.8. The van der Waals surface area contributed by atoms with E-state index in [0.717, 1.165) is 17.8 Å². The minimum absolute atomic E-state index is 0.506. The first kappa shape index (κ1) is 31.9. The fraction of sp³-hybridized carbons (Fsp3) is 0.0800. The Morgan fingerprint density at radius 1 is 0.509 bits per heavy atom. The van der Waals surface area contributed by atoms with Crippen molar-refractivity contribution in [2.45, 2.75) is 19.5 Å². The standard InChI is InChI=1S/C50H41NSi2/c1-52(2)47-25-15-13-22-42(47)43-31-28-36(33-48(43)52)35-26-29-41(30-27-35)53(39-18-8-4-9-19-39,40-20-10-5-11-21-40)49-34-37-32-45(37)50(49)44-23-12-14-24-46(44)51-38-16-6-3-7-17-38/h3-33,37,51H,34H2,1-2H3. The van der Waals surface area contributed by atoms with Crippen molar-refractivity contribution in [3.63, 3.8) is 0 Å². The smallest absolute Gasteiger partial charge is 0.176 e. The highest BCUT2D eigenvalue weighted by molar-refractivity contribution is 7.16. The molecule has 1 atom stereocenters. The predicted molar refractivity (Wildman–Crippen MR) is 231 cm³/mol. The number of anilines is 2. The summed E-state index contributed by atoms with van der Waals surface area (Å²) in [6.07, 6.45) is 3.56. The average molecular weight is 712 g/mol. The van der Waals surface area contributed by atoms with Gasteiger partial charge in [0.2, 0.25) is 0 Å². The fourth-order valence-electron chi connectivity index (χ4n) is 9.44. The van der Waals surface area contributed by atoms with Crippen molar-refractivity contribution in [3.05, 3.63) is 204 Å². The molecule has 0 amide bonds. The van der Waals surface area contributed by atoms with Crippen LogP contribution in [0, 0.1) is 5.92 Å². The van der Waals surface area contributed by atoms with Crippen molar-refractivity contribution in [1.29, 1.82) is 0 Å². The normalized spacial score (nSPS) is 16.4. The van der Waals surface area contributed by atoms with E-state index in [1.807, 2.05) is 0 Å². The third-order valence-corrected chi connectivity index (χ3v) is 20.5. The molecule has 0 radical (unpaired) electrons. The van der Waals surface area contributed by atoms with Gasteiger partial charge in [0.25, 0.3) is 0 Å². The van der Waals surface area contributed by atoms with Crippen LogP contribution in [0.15, 0.2) is 199 Å². The lowest BCUT2D eigenvalue weighted by Crippen LogP contribution is -2.68. The van der Waals surface area contributed by atoms with Crippen molar-refractivity contribution in [1.82, 2.24) is 0 Å². The molecule has 0 aromatic heterocycles. The van der Waals surface area contributed by atoms with E-state index in [1.165, 1.54) is 54.5 Å². The number of rotatable bonds is 8. The zero-order valence-corrected chi connectivity index (χ0v) is 32.2. The molecule has 1 heterocycles. The predicted octanol–water partition coefficient (Wildman–Crippen LogP) is 9.32. The average Bonchev–Trinajstić information content (AvgIpc) is 3.82. The highest BCUT2D eigenvalue weighted by Gasteiger charge is 2.51. The first-order valence-corrected chi connectivity index (χ1v) is 23.9. The second kappa shape index (κ2) is 12.4. The highest BCUT2D eigenvalue weighted by atomic mass is 28.3. The number of allylic oxidation sites excluding steroid dienone is 4. The molecule has 0 saturated carbocycles. The summed E-state index contributed by atoms with van der Waals surface area (Å²) in [6, 6.07) is 68.4. The van der Waals surface area contributed by atoms with E-state index >= 15 is 0 Å². The zero-order valence-electron chi connectivity index (χ0n) is 30.2. The first-order valence-electron chi connectivity index (χ1n) is 18.9. The Morgan fingerprint density at radius 3 is 1.75 bits per heavy atom. The highest BCUT2D eigenvalue weighted by Crippen LogP contribution is 2.55. The van der Waals surface area contributed by atoms with Gasteiger partial charge in [-0.05, 0) is 84.0 Å². The van der Waals surface area contributed by atoms with Gasteiger partial charge in [0.05, 0.1) is 0 Å². The van der Waals surface area contributed by atoms with Crippen LogP contribution in [-0.2, 0) is 0 Å². The van der Waals surface area contributed by atoms with Crippen LogP contribution in [-0.4, -0.2) is 16.1 Å². The number of fused-ring (bicyclic) bond motifs is 4. The Hall–Kier alpha value is -5.75. The summed E-state index contributed by atoms with van der Waals surface area (Å²) in [6.45, 7) is 5.01. The SMILES string of the molecule is C[Si]1(C)c2ccccc2-c2ccc(-c3ccc([Si](C4=C(c5ccccc5Nc5ccccc5)C5=CC5C4)(c4ccccc4)c4ccccc4)cc3)cc21. The van der Waals surface area contributed by atoms with Crippen LogP contribution < -0.4 is 31.3 Å². The summed E-state index contributed by atoms with van der Waals surface area (Å²) < 4.78 is 0. The van der Waals surface area contributed by atoms with Gasteiger partial charge >= 0.3 is 0 Å². The summed E-state index contributed by atoms with van der Waals surface area (Å²) in [5.74, 6) is 0.506. The molecule has 0 spiro atoms. The fourth-order valence-corrected chi connectivity index (χ4v) is 17.8. The molecule has 7 aromatic rings. The monoisotopic (exact) mass is 711 g/mol. The van der Waals surface area contributed by atoms with Gasteiger partial charge < -0.3 is 5.32 Å². The summed E-state index contributed by atoms with van der Waals surface area (Å²) in [4.78, 5) is 0. The molecule has 0 saturated heterocycles. The molecule has 2 aliphatic carbocycles. The molecule has 0 fully saturated rings. The maximum Gasteiger partial charge on any atom is 0.176 e. The molecule has 254 valence electrons. The lowest BCUT2D eigenvalue weighted by Gasteiger charge is -2.37. The molecule has 10 rings (SSSR count). The van der Waals surface area contributed by atoms with Gasteiger partial charge in [0.15, 0.2) is 8.07 Å². The first-order chi connectivity index (χ1) is 26.0. The molecular formula is C50H41NSi2. The van der Waals surface area contributed by atoms with E-state index in [-0.39, 0.29) is 0 Å². The van der Waals surface area contributed by atoms with Gasteiger partial charge in [-0.15, -0.1) is 0 Å². The van der Waals surface area contributed by atoms with Crippen molar-refractivity contribution in [2.24, 2.45) is 5.92 Å². The van der Waals surface area contributed by atoms with E-state index in [2.05, 4.69) is 206 Å². The Morgan fingerprint density at radius 2 is 1.06 bits per heavy atom. The summed E-state index contributed by atoms with van der Waals surface area (Å²) in [5.41, 5.74) is 12.0. The van der Waals surface area contributed by atoms with Crippen LogP contribution in [0.3, 0.4) is 0 Å². The minimum Gasteiger partial charge on any atom is -0.355 e. The number of hydrogen-bond acceptors (Lipinski definition) is 1. The maximum atomic E-state index is 3.79. The van der Waals surface area contributed by atoms with Gasteiger partial charge in [-0.3, -0.25) is 0 Å². The van der Waals surface area contributed by atoms with Crippen LogP contribution in [0.2, 0.25) is 13.1 Å². The van der Waals surface area contributed by atoms with Crippen molar-refractivity contribution < 1.29 is 0 Å². The Labute approximate surface area is 315 Å². The molecule has 1 nitrogen and oxygen atoms in total. The van der Waals surface area contributed by atoms with Crippen molar-refractivity contribution in [2.75, 3.05) is 5.32 Å². The molecule has 53 heavy (non-hydrogen) atoms. The quantitative estimate of drug-likeness (QED) is 0.122. The maximum absolute atomic E-state index is 3.79. The minimum atomic E-state index is -2.75. The van der Waals surface area contributed by atoms with Gasteiger partial charge in [-0.1, -0.05) is 188 Å². The Kier molecular flexibility index (Phi) is 7.50. The number of para-hydroxylation sites is 2. The lowest BCUT2D eigenvalue weighted by atomic mass is 10.0. The number of hydrogen-bond donors (Lipinski definition) is 1. The third kappa shape index (κ3) is 5.10. The topological polar surface area (TPSA) is 12.0 Å². The van der Waals surface area contributed by atoms with E-state index in [9.17, 15) is 0 Å². The Bertz CT molecular complexity index is 2530. The summed E-state index contributed by atoms with van der Waals surface area (Å²) in [7, 11) is -4.53. The second-order valence-electron chi connectivity index (χ2n) is 15.3. The van der Waals surface area contributed by atoms with E-state index < -0.39 is 16.1 Å². The van der Waals surface area contributed by atoms with Gasteiger partial charge in [0, 0.05) is 22.9 Å². The molecule has 1 N–H and O–H groups in total. The van der Waals surface area contributed by atoms with Crippen LogP contribution in [0.5, 0.6) is 0 Å². The van der Waals surface area contributed by atoms with Gasteiger partial charge in [-0.2, -0.15) is 0 Å². The molecule has 0 bridgehead atoms. The zero-order chi connectivity index (χ0) is 35.6. The van der Waals surface area contributed by atoms with Gasteiger partial charge in [-0.25, -0.2) is 0 Å². The molecule has 3 heteroatoms.